The van der Waals surface area contributed by atoms with Crippen LogP contribution in [0, 0.1) is 0 Å². The van der Waals surface area contributed by atoms with Gasteiger partial charge in [0.2, 0.25) is 10.0 Å². The Bertz CT molecular complexity index is 1700. The molecule has 1 saturated heterocycles. The number of hydrogen-bond donors (Lipinski definition) is 1. The highest BCUT2D eigenvalue weighted by molar-refractivity contribution is 7.93. The van der Waals surface area contributed by atoms with E-state index in [1.165, 1.54) is 24.3 Å². The van der Waals surface area contributed by atoms with E-state index in [1.807, 2.05) is 36.4 Å². The Labute approximate surface area is 218 Å². The first-order valence-electron chi connectivity index (χ1n) is 10.7. The molecule has 4 aromatic rings. The van der Waals surface area contributed by atoms with Crippen LogP contribution in [0.15, 0.2) is 77.7 Å². The SMILES string of the molecule is O=S(=O)(Nc1ccc(Cl)c(-c2ccc3ccccc3n2)c1)c1ccc(N2COCCS2(=O)=O)cc1Cl. The van der Waals surface area contributed by atoms with Crippen LogP contribution in [-0.4, -0.2) is 40.9 Å². The molecule has 0 spiro atoms. The third kappa shape index (κ3) is 4.87. The molecule has 3 aromatic carbocycles. The smallest absolute Gasteiger partial charge is 0.263 e. The maximum absolute atomic E-state index is 13.1. The van der Waals surface area contributed by atoms with Crippen molar-refractivity contribution in [3.05, 3.63) is 82.8 Å². The van der Waals surface area contributed by atoms with Crippen molar-refractivity contribution in [1.29, 1.82) is 0 Å². The molecule has 0 atom stereocenters. The molecule has 5 rings (SSSR count). The molecule has 1 N–H and O–H groups in total. The number of sulfonamides is 2. The number of rotatable bonds is 5. The topological polar surface area (TPSA) is 106 Å². The quantitative estimate of drug-likeness (QED) is 0.360. The van der Waals surface area contributed by atoms with E-state index in [0.717, 1.165) is 15.2 Å². The molecule has 0 aliphatic carbocycles. The van der Waals surface area contributed by atoms with Crippen LogP contribution in [0.25, 0.3) is 22.2 Å². The van der Waals surface area contributed by atoms with E-state index in [1.54, 1.807) is 12.1 Å². The van der Waals surface area contributed by atoms with Crippen LogP contribution in [0.1, 0.15) is 0 Å². The first-order chi connectivity index (χ1) is 17.1. The van der Waals surface area contributed by atoms with Gasteiger partial charge in [-0.05, 0) is 48.5 Å². The van der Waals surface area contributed by atoms with E-state index < -0.39 is 20.0 Å². The van der Waals surface area contributed by atoms with Crippen LogP contribution in [0.3, 0.4) is 0 Å². The molecular weight excluding hydrogens is 545 g/mol. The number of para-hydroxylation sites is 1. The Morgan fingerprint density at radius 2 is 1.75 bits per heavy atom. The van der Waals surface area contributed by atoms with Crippen molar-refractivity contribution in [2.75, 3.05) is 28.1 Å². The number of ether oxygens (including phenoxy) is 1. The lowest BCUT2D eigenvalue weighted by Crippen LogP contribution is -2.41. The molecule has 186 valence electrons. The lowest BCUT2D eigenvalue weighted by atomic mass is 10.1. The summed E-state index contributed by atoms with van der Waals surface area (Å²) >= 11 is 12.7. The summed E-state index contributed by atoms with van der Waals surface area (Å²) in [5.74, 6) is -0.169. The molecule has 0 saturated carbocycles. The third-order valence-electron chi connectivity index (χ3n) is 5.62. The second kappa shape index (κ2) is 9.53. The van der Waals surface area contributed by atoms with Crippen LogP contribution in [0.4, 0.5) is 11.4 Å². The molecule has 36 heavy (non-hydrogen) atoms. The zero-order chi connectivity index (χ0) is 25.5. The van der Waals surface area contributed by atoms with Gasteiger partial charge in [0.05, 0.1) is 39.3 Å². The van der Waals surface area contributed by atoms with E-state index in [-0.39, 0.29) is 40.4 Å². The molecule has 1 fully saturated rings. The molecule has 2 heterocycles. The van der Waals surface area contributed by atoms with Crippen LogP contribution < -0.4 is 9.03 Å². The summed E-state index contributed by atoms with van der Waals surface area (Å²) < 4.78 is 59.7. The van der Waals surface area contributed by atoms with Gasteiger partial charge in [-0.15, -0.1) is 0 Å². The van der Waals surface area contributed by atoms with Crippen LogP contribution in [-0.2, 0) is 24.8 Å². The standard InChI is InChI=1S/C24H19Cl2N3O5S2/c25-20-8-6-17(13-19(20)23-9-5-16-3-1-2-4-22(16)27-23)28-36(32,33)24-10-7-18(14-21(24)26)29-15-34-11-12-35(29,30)31/h1-10,13-14,28H,11-12,15H2. The van der Waals surface area contributed by atoms with Crippen molar-refractivity contribution in [3.8, 4) is 11.3 Å². The molecular formula is C24H19Cl2N3O5S2. The molecule has 1 aliphatic heterocycles. The Balaban J connectivity index is 1.45. The highest BCUT2D eigenvalue weighted by Gasteiger charge is 2.28. The molecule has 1 aromatic heterocycles. The average molecular weight is 564 g/mol. The summed E-state index contributed by atoms with van der Waals surface area (Å²) in [6.45, 7) is -0.0693. The second-order valence-electron chi connectivity index (χ2n) is 8.01. The van der Waals surface area contributed by atoms with E-state index in [4.69, 9.17) is 27.9 Å². The first-order valence-corrected chi connectivity index (χ1v) is 14.6. The van der Waals surface area contributed by atoms with Crippen molar-refractivity contribution in [1.82, 2.24) is 4.98 Å². The fraction of sp³-hybridized carbons (Fsp3) is 0.125. The summed E-state index contributed by atoms with van der Waals surface area (Å²) in [7, 11) is -7.68. The molecule has 12 heteroatoms. The van der Waals surface area contributed by atoms with Gasteiger partial charge in [0.25, 0.3) is 10.0 Å². The number of anilines is 2. The third-order valence-corrected chi connectivity index (χ3v) is 9.48. The van der Waals surface area contributed by atoms with Crippen molar-refractivity contribution < 1.29 is 21.6 Å². The van der Waals surface area contributed by atoms with E-state index in [2.05, 4.69) is 9.71 Å². The van der Waals surface area contributed by atoms with Crippen molar-refractivity contribution in [2.24, 2.45) is 0 Å². The number of halogens is 2. The normalized spacial score (nSPS) is 15.7. The zero-order valence-electron chi connectivity index (χ0n) is 18.6. The van der Waals surface area contributed by atoms with Crippen LogP contribution in [0.2, 0.25) is 10.0 Å². The highest BCUT2D eigenvalue weighted by Crippen LogP contribution is 2.33. The predicted molar refractivity (Wildman–Crippen MR) is 142 cm³/mol. The molecule has 0 unspecified atom stereocenters. The molecule has 0 amide bonds. The number of aromatic nitrogens is 1. The van der Waals surface area contributed by atoms with Gasteiger partial charge >= 0.3 is 0 Å². The maximum atomic E-state index is 13.1. The predicted octanol–water partition coefficient (Wildman–Crippen LogP) is 5.13. The summed E-state index contributed by atoms with van der Waals surface area (Å²) in [5.41, 5.74) is 2.41. The van der Waals surface area contributed by atoms with Crippen molar-refractivity contribution >= 4 is 65.5 Å². The summed E-state index contributed by atoms with van der Waals surface area (Å²) in [5, 5.41) is 1.25. The lowest BCUT2D eigenvalue weighted by molar-refractivity contribution is 0.149. The minimum atomic E-state index is -4.11. The first kappa shape index (κ1) is 24.8. The number of fused-ring (bicyclic) bond motifs is 1. The van der Waals surface area contributed by atoms with Crippen LogP contribution in [0.5, 0.6) is 0 Å². The Kier molecular flexibility index (Phi) is 6.56. The Hall–Kier alpha value is -2.89. The van der Waals surface area contributed by atoms with Gasteiger partial charge < -0.3 is 4.74 Å². The molecule has 1 aliphatic rings. The summed E-state index contributed by atoms with van der Waals surface area (Å²) in [6.07, 6.45) is 0. The molecule has 0 bridgehead atoms. The minimum absolute atomic E-state index is 0.0980. The van der Waals surface area contributed by atoms with Crippen molar-refractivity contribution in [2.45, 2.75) is 4.90 Å². The zero-order valence-corrected chi connectivity index (χ0v) is 21.7. The molecule has 0 radical (unpaired) electrons. The second-order valence-corrected chi connectivity index (χ2v) is 12.5. The summed E-state index contributed by atoms with van der Waals surface area (Å²) in [6, 6.07) is 20.0. The highest BCUT2D eigenvalue weighted by atomic mass is 35.5. The van der Waals surface area contributed by atoms with Gasteiger partial charge in [-0.1, -0.05) is 47.5 Å². The average Bonchev–Trinajstić information content (AvgIpc) is 2.84. The molecule has 8 nitrogen and oxygen atoms in total. The summed E-state index contributed by atoms with van der Waals surface area (Å²) in [4.78, 5) is 4.43. The van der Waals surface area contributed by atoms with Gasteiger partial charge in [-0.25, -0.2) is 26.1 Å². The fourth-order valence-electron chi connectivity index (χ4n) is 3.81. The van der Waals surface area contributed by atoms with E-state index >= 15 is 0 Å². The van der Waals surface area contributed by atoms with Gasteiger partial charge in [0.15, 0.2) is 0 Å². The van der Waals surface area contributed by atoms with Crippen molar-refractivity contribution in [3.63, 3.8) is 0 Å². The number of nitrogens with one attached hydrogen (secondary N) is 1. The van der Waals surface area contributed by atoms with Crippen LogP contribution >= 0.6 is 23.2 Å². The number of pyridine rings is 1. The van der Waals surface area contributed by atoms with E-state index in [9.17, 15) is 16.8 Å². The van der Waals surface area contributed by atoms with E-state index in [0.29, 0.717) is 16.3 Å². The Morgan fingerprint density at radius 1 is 0.944 bits per heavy atom. The fourth-order valence-corrected chi connectivity index (χ4v) is 6.83. The number of hydrogen-bond acceptors (Lipinski definition) is 6. The monoisotopic (exact) mass is 563 g/mol. The van der Waals surface area contributed by atoms with Gasteiger partial charge in [-0.3, -0.25) is 4.72 Å². The largest absolute Gasteiger partial charge is 0.359 e. The maximum Gasteiger partial charge on any atom is 0.263 e. The Morgan fingerprint density at radius 3 is 2.53 bits per heavy atom. The minimum Gasteiger partial charge on any atom is -0.359 e. The number of nitrogens with zero attached hydrogens (tertiary/aromatic N) is 2. The lowest BCUT2D eigenvalue weighted by Gasteiger charge is -2.28. The van der Waals surface area contributed by atoms with Gasteiger partial charge in [0, 0.05) is 16.6 Å². The number of benzene rings is 3. The van der Waals surface area contributed by atoms with Gasteiger partial charge in [-0.2, -0.15) is 0 Å². The van der Waals surface area contributed by atoms with Gasteiger partial charge in [0.1, 0.15) is 11.6 Å².